The normalized spacial score (nSPS) is 10.5. The summed E-state index contributed by atoms with van der Waals surface area (Å²) < 4.78 is 19.1. The molecule has 2 aromatic carbocycles. The Kier molecular flexibility index (Phi) is 4.55. The van der Waals surface area contributed by atoms with Gasteiger partial charge in [0.15, 0.2) is 0 Å². The smallest absolute Gasteiger partial charge is 0.145 e. The molecule has 6 heteroatoms. The van der Waals surface area contributed by atoms with Gasteiger partial charge in [0.25, 0.3) is 0 Å². The molecule has 2 nitrogen and oxygen atoms in total. The van der Waals surface area contributed by atoms with Crippen molar-refractivity contribution in [3.05, 3.63) is 56.2 Å². The molecule has 0 fully saturated rings. The van der Waals surface area contributed by atoms with Crippen LogP contribution in [0.2, 0.25) is 10.0 Å². The van der Waals surface area contributed by atoms with Gasteiger partial charge < -0.3 is 10.5 Å². The van der Waals surface area contributed by atoms with Crippen molar-refractivity contribution in [2.45, 2.75) is 6.61 Å². The van der Waals surface area contributed by atoms with Crippen molar-refractivity contribution in [1.82, 2.24) is 0 Å². The molecule has 0 aliphatic heterocycles. The van der Waals surface area contributed by atoms with Crippen LogP contribution in [0.15, 0.2) is 34.8 Å². The van der Waals surface area contributed by atoms with Crippen LogP contribution in [-0.2, 0) is 6.61 Å². The minimum Gasteiger partial charge on any atom is -0.487 e. The zero-order chi connectivity index (χ0) is 14.0. The summed E-state index contributed by atoms with van der Waals surface area (Å²) in [6.07, 6.45) is 0. The molecule has 2 rings (SSSR count). The zero-order valence-electron chi connectivity index (χ0n) is 9.59. The van der Waals surface area contributed by atoms with E-state index in [4.69, 9.17) is 33.7 Å². The Labute approximate surface area is 128 Å². The van der Waals surface area contributed by atoms with Gasteiger partial charge in [0, 0.05) is 6.07 Å². The highest BCUT2D eigenvalue weighted by atomic mass is 79.9. The maximum absolute atomic E-state index is 13.4. The molecule has 0 atom stereocenters. The van der Waals surface area contributed by atoms with Crippen molar-refractivity contribution in [3.63, 3.8) is 0 Å². The van der Waals surface area contributed by atoms with Crippen molar-refractivity contribution in [1.29, 1.82) is 0 Å². The van der Waals surface area contributed by atoms with E-state index in [-0.39, 0.29) is 12.4 Å². The fraction of sp³-hybridized carbons (Fsp3) is 0.0769. The van der Waals surface area contributed by atoms with Crippen molar-refractivity contribution in [2.75, 3.05) is 5.73 Å². The van der Waals surface area contributed by atoms with Crippen LogP contribution in [0, 0.1) is 5.82 Å². The lowest BCUT2D eigenvalue weighted by Crippen LogP contribution is -2.00. The third kappa shape index (κ3) is 3.53. The van der Waals surface area contributed by atoms with Gasteiger partial charge in [0.05, 0.1) is 20.2 Å². The van der Waals surface area contributed by atoms with E-state index in [0.717, 1.165) is 5.56 Å². The fourth-order valence-electron chi connectivity index (χ4n) is 1.46. The monoisotopic (exact) mass is 363 g/mol. The van der Waals surface area contributed by atoms with Gasteiger partial charge in [-0.3, -0.25) is 0 Å². The maximum atomic E-state index is 13.4. The highest BCUT2D eigenvalue weighted by Crippen LogP contribution is 2.29. The summed E-state index contributed by atoms with van der Waals surface area (Å²) in [6.45, 7) is 0.224. The van der Waals surface area contributed by atoms with E-state index >= 15 is 0 Å². The van der Waals surface area contributed by atoms with Gasteiger partial charge in [-0.1, -0.05) is 29.3 Å². The predicted molar refractivity (Wildman–Crippen MR) is 79.3 cm³/mol. The van der Waals surface area contributed by atoms with Crippen molar-refractivity contribution >= 4 is 44.8 Å². The Morgan fingerprint density at radius 2 is 1.89 bits per heavy atom. The number of nitrogen functional groups attached to an aromatic ring is 1. The molecule has 0 bridgehead atoms. The largest absolute Gasteiger partial charge is 0.487 e. The number of anilines is 1. The topological polar surface area (TPSA) is 35.2 Å². The molecule has 0 spiro atoms. The fourth-order valence-corrected chi connectivity index (χ4v) is 2.14. The van der Waals surface area contributed by atoms with E-state index in [1.807, 2.05) is 0 Å². The number of rotatable bonds is 3. The number of benzene rings is 2. The molecule has 0 saturated heterocycles. The lowest BCUT2D eigenvalue weighted by Gasteiger charge is -2.10. The summed E-state index contributed by atoms with van der Waals surface area (Å²) in [5, 5.41) is 0.914. The van der Waals surface area contributed by atoms with Gasteiger partial charge in [-0.2, -0.15) is 0 Å². The van der Waals surface area contributed by atoms with E-state index in [9.17, 15) is 4.39 Å². The highest BCUT2D eigenvalue weighted by molar-refractivity contribution is 9.10. The van der Waals surface area contributed by atoms with Crippen molar-refractivity contribution < 1.29 is 9.13 Å². The molecule has 0 saturated carbocycles. The number of hydrogen-bond donors (Lipinski definition) is 1. The lowest BCUT2D eigenvalue weighted by atomic mass is 10.2. The van der Waals surface area contributed by atoms with Crippen LogP contribution in [0.1, 0.15) is 5.56 Å². The minimum atomic E-state index is -0.432. The first kappa shape index (κ1) is 14.4. The quantitative estimate of drug-likeness (QED) is 0.773. The summed E-state index contributed by atoms with van der Waals surface area (Å²) in [7, 11) is 0. The van der Waals surface area contributed by atoms with Crippen LogP contribution in [0.3, 0.4) is 0 Å². The van der Waals surface area contributed by atoms with Crippen LogP contribution in [-0.4, -0.2) is 0 Å². The summed E-state index contributed by atoms with van der Waals surface area (Å²) >= 11 is 14.8. The highest BCUT2D eigenvalue weighted by Gasteiger charge is 2.08. The third-order valence-electron chi connectivity index (χ3n) is 2.43. The first-order chi connectivity index (χ1) is 8.97. The van der Waals surface area contributed by atoms with Gasteiger partial charge >= 0.3 is 0 Å². The molecule has 100 valence electrons. The second kappa shape index (κ2) is 5.99. The molecule has 2 N–H and O–H groups in total. The molecule has 0 aromatic heterocycles. The minimum absolute atomic E-state index is 0.224. The molecule has 0 heterocycles. The molecule has 2 aromatic rings. The van der Waals surface area contributed by atoms with E-state index in [0.29, 0.717) is 20.2 Å². The van der Waals surface area contributed by atoms with Crippen LogP contribution in [0.4, 0.5) is 10.1 Å². The standard InChI is InChI=1S/C13H9BrCl2FNO/c14-8-4-12(18)13(5-11(8)17)19-6-7-1-2-9(15)10(16)3-7/h1-5H,6,18H2. The van der Waals surface area contributed by atoms with Crippen LogP contribution < -0.4 is 10.5 Å². The van der Waals surface area contributed by atoms with Gasteiger partial charge in [0.2, 0.25) is 0 Å². The van der Waals surface area contributed by atoms with Crippen LogP contribution in [0.5, 0.6) is 5.75 Å². The Morgan fingerprint density at radius 1 is 1.16 bits per heavy atom. The number of ether oxygens (including phenoxy) is 1. The summed E-state index contributed by atoms with van der Waals surface area (Å²) in [5.41, 5.74) is 6.91. The predicted octanol–water partition coefficient (Wildman–Crippen LogP) is 5.06. The molecular weight excluding hydrogens is 356 g/mol. The molecule has 0 amide bonds. The molecule has 0 aliphatic carbocycles. The summed E-state index contributed by atoms with van der Waals surface area (Å²) in [5.74, 6) is -0.148. The summed E-state index contributed by atoms with van der Waals surface area (Å²) in [6, 6.07) is 7.83. The molecule has 0 unspecified atom stereocenters. The number of hydrogen-bond acceptors (Lipinski definition) is 2. The van der Waals surface area contributed by atoms with Gasteiger partial charge in [-0.25, -0.2) is 4.39 Å². The second-order valence-corrected chi connectivity index (χ2v) is 5.51. The summed E-state index contributed by atoms with van der Waals surface area (Å²) in [4.78, 5) is 0. The van der Waals surface area contributed by atoms with E-state index < -0.39 is 5.82 Å². The Bertz CT molecular complexity index is 622. The van der Waals surface area contributed by atoms with Gasteiger partial charge in [-0.15, -0.1) is 0 Å². The SMILES string of the molecule is Nc1cc(Br)c(F)cc1OCc1ccc(Cl)c(Cl)c1. The maximum Gasteiger partial charge on any atom is 0.145 e. The molecular formula is C13H9BrCl2FNO. The lowest BCUT2D eigenvalue weighted by molar-refractivity contribution is 0.306. The Morgan fingerprint density at radius 3 is 2.58 bits per heavy atom. The zero-order valence-corrected chi connectivity index (χ0v) is 12.7. The molecule has 19 heavy (non-hydrogen) atoms. The second-order valence-electron chi connectivity index (χ2n) is 3.84. The van der Waals surface area contributed by atoms with Crippen molar-refractivity contribution in [3.8, 4) is 5.75 Å². The van der Waals surface area contributed by atoms with E-state index in [1.54, 1.807) is 18.2 Å². The first-order valence-electron chi connectivity index (χ1n) is 5.28. The van der Waals surface area contributed by atoms with E-state index in [2.05, 4.69) is 15.9 Å². The first-order valence-corrected chi connectivity index (χ1v) is 6.83. The average molecular weight is 365 g/mol. The Balaban J connectivity index is 2.14. The third-order valence-corrected chi connectivity index (χ3v) is 3.78. The number of halogens is 4. The van der Waals surface area contributed by atoms with Crippen molar-refractivity contribution in [2.24, 2.45) is 0 Å². The van der Waals surface area contributed by atoms with Gasteiger partial charge in [0.1, 0.15) is 18.2 Å². The van der Waals surface area contributed by atoms with Crippen LogP contribution in [0.25, 0.3) is 0 Å². The molecule has 0 aliphatic rings. The van der Waals surface area contributed by atoms with Gasteiger partial charge in [-0.05, 0) is 39.7 Å². The molecule has 0 radical (unpaired) electrons. The number of nitrogens with two attached hydrogens (primary N) is 1. The van der Waals surface area contributed by atoms with E-state index in [1.165, 1.54) is 12.1 Å². The average Bonchev–Trinajstić information content (AvgIpc) is 2.36. The Hall–Kier alpha value is -0.970. The van der Waals surface area contributed by atoms with Crippen LogP contribution >= 0.6 is 39.1 Å².